The maximum absolute atomic E-state index is 12.3. The van der Waals surface area contributed by atoms with Crippen molar-refractivity contribution in [3.05, 3.63) is 70.5 Å². The molecular weight excluding hydrogens is 286 g/mol. The fourth-order valence-corrected chi connectivity index (χ4v) is 2.48. The Balaban J connectivity index is 1.79. The topological polar surface area (TPSA) is 54.9 Å². The minimum absolute atomic E-state index is 0.103. The Labute approximate surface area is 135 Å². The van der Waals surface area contributed by atoms with Crippen molar-refractivity contribution >= 4 is 16.9 Å². The molecule has 3 aromatic rings. The first-order valence-corrected chi connectivity index (χ1v) is 7.62. The molecule has 0 unspecified atom stereocenters. The zero-order chi connectivity index (χ0) is 16.4. The molecule has 1 aromatic heterocycles. The Morgan fingerprint density at radius 1 is 0.957 bits per heavy atom. The summed E-state index contributed by atoms with van der Waals surface area (Å²) in [5.74, 6) is -0.103. The molecule has 0 fully saturated rings. The SMILES string of the molecule is Cc1cccc(CNC(=O)c2ccc3nc(C)c(C)nc3c2)c1. The van der Waals surface area contributed by atoms with E-state index >= 15 is 0 Å². The molecule has 116 valence electrons. The normalized spacial score (nSPS) is 10.7. The van der Waals surface area contributed by atoms with Crippen molar-refractivity contribution in [1.29, 1.82) is 0 Å². The number of rotatable bonds is 3. The summed E-state index contributed by atoms with van der Waals surface area (Å²) in [7, 11) is 0. The van der Waals surface area contributed by atoms with Crippen LogP contribution < -0.4 is 5.32 Å². The Kier molecular flexibility index (Phi) is 4.06. The predicted octanol–water partition coefficient (Wildman–Crippen LogP) is 3.49. The van der Waals surface area contributed by atoms with E-state index in [4.69, 9.17) is 0 Å². The lowest BCUT2D eigenvalue weighted by atomic mass is 10.1. The van der Waals surface area contributed by atoms with Crippen LogP contribution >= 0.6 is 0 Å². The Morgan fingerprint density at radius 2 is 1.70 bits per heavy atom. The Morgan fingerprint density at radius 3 is 2.43 bits per heavy atom. The molecule has 0 atom stereocenters. The van der Waals surface area contributed by atoms with Crippen molar-refractivity contribution in [3.63, 3.8) is 0 Å². The molecular formula is C19H19N3O. The van der Waals surface area contributed by atoms with E-state index in [2.05, 4.69) is 21.4 Å². The first kappa shape index (κ1) is 15.2. The van der Waals surface area contributed by atoms with Crippen LogP contribution in [-0.2, 0) is 6.54 Å². The van der Waals surface area contributed by atoms with Crippen LogP contribution in [0.2, 0.25) is 0 Å². The lowest BCUT2D eigenvalue weighted by Gasteiger charge is -2.08. The smallest absolute Gasteiger partial charge is 0.251 e. The van der Waals surface area contributed by atoms with Crippen molar-refractivity contribution in [2.75, 3.05) is 0 Å². The van der Waals surface area contributed by atoms with Crippen LogP contribution in [0.4, 0.5) is 0 Å². The molecule has 4 heteroatoms. The number of fused-ring (bicyclic) bond motifs is 1. The van der Waals surface area contributed by atoms with E-state index in [1.807, 2.05) is 45.0 Å². The molecule has 0 aliphatic carbocycles. The zero-order valence-electron chi connectivity index (χ0n) is 13.6. The van der Waals surface area contributed by atoms with Crippen LogP contribution in [0.15, 0.2) is 42.5 Å². The van der Waals surface area contributed by atoms with Gasteiger partial charge in [-0.3, -0.25) is 4.79 Å². The van der Waals surface area contributed by atoms with Gasteiger partial charge in [0.2, 0.25) is 0 Å². The number of hydrogen-bond donors (Lipinski definition) is 1. The average molecular weight is 305 g/mol. The molecule has 1 amide bonds. The monoisotopic (exact) mass is 305 g/mol. The quantitative estimate of drug-likeness (QED) is 0.806. The van der Waals surface area contributed by atoms with Gasteiger partial charge in [0.1, 0.15) is 0 Å². The molecule has 1 N–H and O–H groups in total. The fraction of sp³-hybridized carbons (Fsp3) is 0.211. The number of aryl methyl sites for hydroxylation is 3. The maximum Gasteiger partial charge on any atom is 0.251 e. The van der Waals surface area contributed by atoms with Crippen LogP contribution in [-0.4, -0.2) is 15.9 Å². The van der Waals surface area contributed by atoms with Crippen LogP contribution in [0.3, 0.4) is 0 Å². The molecule has 1 heterocycles. The van der Waals surface area contributed by atoms with Gasteiger partial charge in [-0.15, -0.1) is 0 Å². The molecule has 0 radical (unpaired) electrons. The first-order valence-electron chi connectivity index (χ1n) is 7.62. The van der Waals surface area contributed by atoms with E-state index in [0.717, 1.165) is 28.0 Å². The van der Waals surface area contributed by atoms with Crippen LogP contribution in [0, 0.1) is 20.8 Å². The predicted molar refractivity (Wildman–Crippen MR) is 91.4 cm³/mol. The number of nitrogens with one attached hydrogen (secondary N) is 1. The summed E-state index contributed by atoms with van der Waals surface area (Å²) in [6.07, 6.45) is 0. The van der Waals surface area contributed by atoms with Gasteiger partial charge in [0, 0.05) is 12.1 Å². The largest absolute Gasteiger partial charge is 0.348 e. The number of amides is 1. The van der Waals surface area contributed by atoms with Gasteiger partial charge in [-0.05, 0) is 44.5 Å². The highest BCUT2D eigenvalue weighted by Crippen LogP contribution is 2.14. The molecule has 0 aliphatic heterocycles. The summed E-state index contributed by atoms with van der Waals surface area (Å²) >= 11 is 0. The number of aromatic nitrogens is 2. The molecule has 4 nitrogen and oxygen atoms in total. The molecule has 0 saturated carbocycles. The summed E-state index contributed by atoms with van der Waals surface area (Å²) in [6.45, 7) is 6.41. The van der Waals surface area contributed by atoms with Crippen molar-refractivity contribution in [1.82, 2.24) is 15.3 Å². The van der Waals surface area contributed by atoms with Gasteiger partial charge in [0.05, 0.1) is 22.4 Å². The summed E-state index contributed by atoms with van der Waals surface area (Å²) in [4.78, 5) is 21.3. The number of hydrogen-bond acceptors (Lipinski definition) is 3. The van der Waals surface area contributed by atoms with E-state index in [-0.39, 0.29) is 5.91 Å². The number of carbonyl (C=O) groups excluding carboxylic acids is 1. The highest BCUT2D eigenvalue weighted by atomic mass is 16.1. The van der Waals surface area contributed by atoms with Crippen LogP contribution in [0.5, 0.6) is 0 Å². The Bertz CT molecular complexity index is 887. The van der Waals surface area contributed by atoms with E-state index in [9.17, 15) is 4.79 Å². The standard InChI is InChI=1S/C19H19N3O/c1-12-5-4-6-15(9-12)11-20-19(23)16-7-8-17-18(10-16)22-14(3)13(2)21-17/h4-10H,11H2,1-3H3,(H,20,23). The van der Waals surface area contributed by atoms with E-state index in [1.54, 1.807) is 12.1 Å². The van der Waals surface area contributed by atoms with Crippen LogP contribution in [0.25, 0.3) is 11.0 Å². The van der Waals surface area contributed by atoms with Gasteiger partial charge in [-0.25, -0.2) is 9.97 Å². The van der Waals surface area contributed by atoms with Gasteiger partial charge in [0.15, 0.2) is 0 Å². The van der Waals surface area contributed by atoms with Gasteiger partial charge in [0.25, 0.3) is 5.91 Å². The molecule has 23 heavy (non-hydrogen) atoms. The lowest BCUT2D eigenvalue weighted by Crippen LogP contribution is -2.22. The van der Waals surface area contributed by atoms with Crippen molar-refractivity contribution in [3.8, 4) is 0 Å². The molecule has 0 spiro atoms. The second kappa shape index (κ2) is 6.16. The number of benzene rings is 2. The third-order valence-electron chi connectivity index (χ3n) is 3.87. The first-order chi connectivity index (χ1) is 11.0. The summed E-state index contributed by atoms with van der Waals surface area (Å²) < 4.78 is 0. The summed E-state index contributed by atoms with van der Waals surface area (Å²) in [5.41, 5.74) is 6.22. The summed E-state index contributed by atoms with van der Waals surface area (Å²) in [6, 6.07) is 13.5. The minimum atomic E-state index is -0.103. The van der Waals surface area contributed by atoms with Gasteiger partial charge in [-0.2, -0.15) is 0 Å². The van der Waals surface area contributed by atoms with Gasteiger partial charge in [-0.1, -0.05) is 29.8 Å². The summed E-state index contributed by atoms with van der Waals surface area (Å²) in [5, 5.41) is 2.95. The Hall–Kier alpha value is -2.75. The minimum Gasteiger partial charge on any atom is -0.348 e. The highest BCUT2D eigenvalue weighted by molar-refractivity contribution is 5.97. The lowest BCUT2D eigenvalue weighted by molar-refractivity contribution is 0.0951. The molecule has 0 bridgehead atoms. The maximum atomic E-state index is 12.3. The third-order valence-corrected chi connectivity index (χ3v) is 3.87. The van der Waals surface area contributed by atoms with Crippen molar-refractivity contribution < 1.29 is 4.79 Å². The van der Waals surface area contributed by atoms with E-state index < -0.39 is 0 Å². The second-order valence-electron chi connectivity index (χ2n) is 5.77. The van der Waals surface area contributed by atoms with E-state index in [1.165, 1.54) is 5.56 Å². The number of nitrogens with zero attached hydrogens (tertiary/aromatic N) is 2. The fourth-order valence-electron chi connectivity index (χ4n) is 2.48. The third kappa shape index (κ3) is 3.37. The van der Waals surface area contributed by atoms with Crippen LogP contribution in [0.1, 0.15) is 32.9 Å². The number of carbonyl (C=O) groups is 1. The zero-order valence-corrected chi connectivity index (χ0v) is 13.6. The molecule has 2 aromatic carbocycles. The van der Waals surface area contributed by atoms with Crippen molar-refractivity contribution in [2.45, 2.75) is 27.3 Å². The van der Waals surface area contributed by atoms with Crippen molar-refractivity contribution in [2.24, 2.45) is 0 Å². The molecule has 3 rings (SSSR count). The highest BCUT2D eigenvalue weighted by Gasteiger charge is 2.08. The van der Waals surface area contributed by atoms with Gasteiger partial charge >= 0.3 is 0 Å². The average Bonchev–Trinajstić information content (AvgIpc) is 2.53. The van der Waals surface area contributed by atoms with E-state index in [0.29, 0.717) is 12.1 Å². The molecule has 0 saturated heterocycles. The van der Waals surface area contributed by atoms with Gasteiger partial charge < -0.3 is 5.32 Å². The molecule has 0 aliphatic rings. The second-order valence-corrected chi connectivity index (χ2v) is 5.77.